The SMILES string of the molecule is CCOc1cc2ncc(C(C)=O)c(C)n2n1. The molecule has 2 aromatic rings. The van der Waals surface area contributed by atoms with Crippen LogP contribution in [0.1, 0.15) is 29.9 Å². The molecule has 2 heterocycles. The van der Waals surface area contributed by atoms with Crippen LogP contribution < -0.4 is 4.74 Å². The summed E-state index contributed by atoms with van der Waals surface area (Å²) >= 11 is 0. The average molecular weight is 219 g/mol. The third-order valence-electron chi connectivity index (χ3n) is 2.37. The molecule has 0 spiro atoms. The molecule has 5 heteroatoms. The number of rotatable bonds is 3. The summed E-state index contributed by atoms with van der Waals surface area (Å²) in [7, 11) is 0. The van der Waals surface area contributed by atoms with E-state index in [2.05, 4.69) is 10.1 Å². The van der Waals surface area contributed by atoms with Crippen molar-refractivity contribution in [3.63, 3.8) is 0 Å². The van der Waals surface area contributed by atoms with E-state index in [9.17, 15) is 4.79 Å². The molecule has 0 atom stereocenters. The van der Waals surface area contributed by atoms with Gasteiger partial charge in [0.1, 0.15) is 0 Å². The van der Waals surface area contributed by atoms with Gasteiger partial charge in [0.15, 0.2) is 11.4 Å². The quantitative estimate of drug-likeness (QED) is 0.736. The number of carbonyl (C=O) groups excluding carboxylic acids is 1. The number of ether oxygens (including phenoxy) is 1. The number of aryl methyl sites for hydroxylation is 1. The molecular formula is C11H13N3O2. The first-order valence-corrected chi connectivity index (χ1v) is 5.12. The fourth-order valence-electron chi connectivity index (χ4n) is 1.59. The van der Waals surface area contributed by atoms with E-state index in [4.69, 9.17) is 4.74 Å². The number of aromatic nitrogens is 3. The van der Waals surface area contributed by atoms with Crippen molar-refractivity contribution in [1.29, 1.82) is 0 Å². The van der Waals surface area contributed by atoms with E-state index in [1.165, 1.54) is 6.92 Å². The normalized spacial score (nSPS) is 10.7. The number of Topliss-reactive ketones (excluding diaryl/α,β-unsaturated/α-hetero) is 1. The molecule has 0 radical (unpaired) electrons. The maximum atomic E-state index is 11.3. The first kappa shape index (κ1) is 10.6. The number of nitrogens with zero attached hydrogens (tertiary/aromatic N) is 3. The number of fused-ring (bicyclic) bond motifs is 1. The Morgan fingerprint density at radius 1 is 1.56 bits per heavy atom. The van der Waals surface area contributed by atoms with E-state index in [0.29, 0.717) is 23.7 Å². The van der Waals surface area contributed by atoms with E-state index in [-0.39, 0.29) is 5.78 Å². The predicted molar refractivity (Wildman–Crippen MR) is 58.9 cm³/mol. The number of ketones is 1. The zero-order valence-electron chi connectivity index (χ0n) is 9.52. The molecule has 0 amide bonds. The number of hydrogen-bond donors (Lipinski definition) is 0. The second-order valence-corrected chi connectivity index (χ2v) is 3.50. The Morgan fingerprint density at radius 2 is 2.31 bits per heavy atom. The molecule has 84 valence electrons. The fourth-order valence-corrected chi connectivity index (χ4v) is 1.59. The highest BCUT2D eigenvalue weighted by Crippen LogP contribution is 2.15. The molecule has 0 aliphatic heterocycles. The summed E-state index contributed by atoms with van der Waals surface area (Å²) in [6.07, 6.45) is 1.57. The van der Waals surface area contributed by atoms with Gasteiger partial charge in [-0.2, -0.15) is 0 Å². The summed E-state index contributed by atoms with van der Waals surface area (Å²) < 4.78 is 6.92. The first-order chi connectivity index (χ1) is 7.63. The van der Waals surface area contributed by atoms with Gasteiger partial charge in [0.05, 0.1) is 17.9 Å². The number of carbonyl (C=O) groups is 1. The van der Waals surface area contributed by atoms with Gasteiger partial charge in [-0.3, -0.25) is 4.79 Å². The van der Waals surface area contributed by atoms with Gasteiger partial charge in [-0.25, -0.2) is 9.50 Å². The third-order valence-corrected chi connectivity index (χ3v) is 2.37. The van der Waals surface area contributed by atoms with Crippen molar-refractivity contribution in [2.45, 2.75) is 20.8 Å². The molecule has 0 saturated carbocycles. The molecular weight excluding hydrogens is 206 g/mol. The predicted octanol–water partition coefficient (Wildman–Crippen LogP) is 1.64. The summed E-state index contributed by atoms with van der Waals surface area (Å²) in [5, 5.41) is 4.22. The lowest BCUT2D eigenvalue weighted by Crippen LogP contribution is -2.05. The summed E-state index contributed by atoms with van der Waals surface area (Å²) in [6, 6.07) is 1.75. The van der Waals surface area contributed by atoms with Crippen LogP contribution in [0.3, 0.4) is 0 Å². The minimum absolute atomic E-state index is 0.0136. The topological polar surface area (TPSA) is 56.5 Å². The Bertz CT molecular complexity index is 545. The van der Waals surface area contributed by atoms with Crippen LogP contribution in [0, 0.1) is 6.92 Å². The Labute approximate surface area is 93.1 Å². The minimum Gasteiger partial charge on any atom is -0.477 e. The van der Waals surface area contributed by atoms with Crippen LogP contribution in [-0.4, -0.2) is 27.0 Å². The van der Waals surface area contributed by atoms with Gasteiger partial charge in [0.2, 0.25) is 5.88 Å². The van der Waals surface area contributed by atoms with Crippen molar-refractivity contribution < 1.29 is 9.53 Å². The van der Waals surface area contributed by atoms with Crippen molar-refractivity contribution in [3.8, 4) is 5.88 Å². The zero-order valence-corrected chi connectivity index (χ0v) is 9.52. The first-order valence-electron chi connectivity index (χ1n) is 5.12. The largest absolute Gasteiger partial charge is 0.477 e. The van der Waals surface area contributed by atoms with E-state index >= 15 is 0 Å². The third kappa shape index (κ3) is 1.64. The highest BCUT2D eigenvalue weighted by molar-refractivity contribution is 5.95. The van der Waals surface area contributed by atoms with Crippen molar-refractivity contribution in [2.24, 2.45) is 0 Å². The van der Waals surface area contributed by atoms with E-state index in [1.54, 1.807) is 16.8 Å². The average Bonchev–Trinajstić information content (AvgIpc) is 2.62. The molecule has 5 nitrogen and oxygen atoms in total. The Morgan fingerprint density at radius 3 is 2.94 bits per heavy atom. The molecule has 0 aliphatic rings. The van der Waals surface area contributed by atoms with Crippen LogP contribution in [-0.2, 0) is 0 Å². The van der Waals surface area contributed by atoms with Gasteiger partial charge in [0, 0.05) is 12.3 Å². The Balaban J connectivity index is 2.60. The van der Waals surface area contributed by atoms with Crippen LogP contribution in [0.25, 0.3) is 5.65 Å². The molecule has 0 aliphatic carbocycles. The van der Waals surface area contributed by atoms with Gasteiger partial charge in [0.25, 0.3) is 0 Å². The smallest absolute Gasteiger partial charge is 0.235 e. The van der Waals surface area contributed by atoms with E-state index < -0.39 is 0 Å². The van der Waals surface area contributed by atoms with Crippen molar-refractivity contribution in [1.82, 2.24) is 14.6 Å². The summed E-state index contributed by atoms with van der Waals surface area (Å²) in [5.74, 6) is 0.513. The molecule has 16 heavy (non-hydrogen) atoms. The summed E-state index contributed by atoms with van der Waals surface area (Å²) in [4.78, 5) is 15.5. The van der Waals surface area contributed by atoms with E-state index in [1.807, 2.05) is 13.8 Å². The van der Waals surface area contributed by atoms with E-state index in [0.717, 1.165) is 5.69 Å². The summed E-state index contributed by atoms with van der Waals surface area (Å²) in [6.45, 7) is 5.81. The van der Waals surface area contributed by atoms with Gasteiger partial charge in [-0.05, 0) is 20.8 Å². The van der Waals surface area contributed by atoms with Crippen LogP contribution >= 0.6 is 0 Å². The van der Waals surface area contributed by atoms with Gasteiger partial charge in [-0.15, -0.1) is 5.10 Å². The Hall–Kier alpha value is -1.91. The van der Waals surface area contributed by atoms with Gasteiger partial charge in [-0.1, -0.05) is 0 Å². The van der Waals surface area contributed by atoms with Crippen molar-refractivity contribution in [2.75, 3.05) is 6.61 Å². The lowest BCUT2D eigenvalue weighted by molar-refractivity contribution is 0.101. The standard InChI is InChI=1S/C11H13N3O2/c1-4-16-11-5-10-12-6-9(8(3)15)7(2)14(10)13-11/h5-6H,4H2,1-3H3. The van der Waals surface area contributed by atoms with Crippen LogP contribution in [0.4, 0.5) is 0 Å². The Kier molecular flexibility index (Phi) is 2.60. The van der Waals surface area contributed by atoms with Crippen LogP contribution in [0.2, 0.25) is 0 Å². The highest BCUT2D eigenvalue weighted by atomic mass is 16.5. The van der Waals surface area contributed by atoms with Crippen LogP contribution in [0.5, 0.6) is 5.88 Å². The lowest BCUT2D eigenvalue weighted by atomic mass is 10.2. The molecule has 0 aromatic carbocycles. The molecule has 0 bridgehead atoms. The lowest BCUT2D eigenvalue weighted by Gasteiger charge is -2.02. The van der Waals surface area contributed by atoms with Crippen molar-refractivity contribution in [3.05, 3.63) is 23.5 Å². The minimum atomic E-state index is -0.0136. The molecule has 0 unspecified atom stereocenters. The molecule has 0 fully saturated rings. The van der Waals surface area contributed by atoms with Gasteiger partial charge >= 0.3 is 0 Å². The van der Waals surface area contributed by atoms with Crippen molar-refractivity contribution >= 4 is 11.4 Å². The van der Waals surface area contributed by atoms with Gasteiger partial charge < -0.3 is 4.74 Å². The summed E-state index contributed by atoms with van der Waals surface area (Å²) in [5.41, 5.74) is 2.05. The fraction of sp³-hybridized carbons (Fsp3) is 0.364. The highest BCUT2D eigenvalue weighted by Gasteiger charge is 2.11. The zero-order chi connectivity index (χ0) is 11.7. The monoisotopic (exact) mass is 219 g/mol. The molecule has 0 N–H and O–H groups in total. The maximum Gasteiger partial charge on any atom is 0.235 e. The number of hydrogen-bond acceptors (Lipinski definition) is 4. The molecule has 2 rings (SSSR count). The molecule has 0 saturated heterocycles. The second-order valence-electron chi connectivity index (χ2n) is 3.50. The van der Waals surface area contributed by atoms with Crippen LogP contribution in [0.15, 0.2) is 12.3 Å². The second kappa shape index (κ2) is 3.92. The molecule has 2 aromatic heterocycles. The maximum absolute atomic E-state index is 11.3.